The maximum absolute atomic E-state index is 12.8. The molecule has 1 atom stereocenters. The first-order chi connectivity index (χ1) is 14.0. The summed E-state index contributed by atoms with van der Waals surface area (Å²) in [7, 11) is 0. The number of ether oxygens (including phenoxy) is 2. The Morgan fingerprint density at radius 1 is 1.07 bits per heavy atom. The zero-order valence-corrected chi connectivity index (χ0v) is 17.5. The molecule has 2 aromatic rings. The zero-order valence-electron chi connectivity index (χ0n) is 17.5. The van der Waals surface area contributed by atoms with Gasteiger partial charge in [0, 0.05) is 17.4 Å². The molecule has 154 valence electrons. The maximum Gasteiger partial charge on any atom is 0.282 e. The van der Waals surface area contributed by atoms with Gasteiger partial charge in [0.05, 0.1) is 26.2 Å². The fourth-order valence-corrected chi connectivity index (χ4v) is 4.10. The first kappa shape index (κ1) is 19.6. The van der Waals surface area contributed by atoms with Crippen LogP contribution >= 0.6 is 0 Å². The minimum absolute atomic E-state index is 0.0388. The van der Waals surface area contributed by atoms with E-state index in [2.05, 4.69) is 42.3 Å². The number of aryl methyl sites for hydroxylation is 1. The van der Waals surface area contributed by atoms with Gasteiger partial charge < -0.3 is 24.6 Å². The number of fused-ring (bicyclic) bond motifs is 1. The van der Waals surface area contributed by atoms with Gasteiger partial charge in [0.1, 0.15) is 13.2 Å². The lowest BCUT2D eigenvalue weighted by atomic mass is 10.1. The van der Waals surface area contributed by atoms with Crippen LogP contribution in [0.3, 0.4) is 0 Å². The van der Waals surface area contributed by atoms with Gasteiger partial charge in [-0.25, -0.2) is 0 Å². The lowest BCUT2D eigenvalue weighted by Gasteiger charge is -2.36. The Labute approximate surface area is 172 Å². The first-order valence-corrected chi connectivity index (χ1v) is 10.4. The molecule has 6 nitrogen and oxygen atoms in total. The van der Waals surface area contributed by atoms with Crippen LogP contribution in [0.25, 0.3) is 0 Å². The molecular formula is C23H30N3O3+. The molecule has 4 rings (SSSR count). The molecule has 2 heterocycles. The zero-order chi connectivity index (χ0) is 20.4. The van der Waals surface area contributed by atoms with Crippen molar-refractivity contribution in [2.75, 3.05) is 49.6 Å². The molecule has 0 spiro atoms. The molecule has 2 aliphatic heterocycles. The van der Waals surface area contributed by atoms with Crippen LogP contribution in [0.1, 0.15) is 18.1 Å². The van der Waals surface area contributed by atoms with Crippen LogP contribution in [0, 0.1) is 13.8 Å². The van der Waals surface area contributed by atoms with Gasteiger partial charge in [-0.15, -0.1) is 0 Å². The number of quaternary nitrogens is 1. The molecular weight excluding hydrogens is 366 g/mol. The van der Waals surface area contributed by atoms with E-state index < -0.39 is 0 Å². The number of carbonyl (C=O) groups excluding carboxylic acids is 1. The molecule has 2 aliphatic rings. The molecule has 2 N–H and O–H groups in total. The highest BCUT2D eigenvalue weighted by Gasteiger charge is 2.30. The molecule has 0 radical (unpaired) electrons. The number of anilines is 2. The summed E-state index contributed by atoms with van der Waals surface area (Å²) in [5.41, 5.74) is 4.74. The van der Waals surface area contributed by atoms with E-state index in [1.807, 2.05) is 25.1 Å². The van der Waals surface area contributed by atoms with Gasteiger partial charge in [-0.05, 0) is 50.1 Å². The summed E-state index contributed by atoms with van der Waals surface area (Å²) in [6.45, 7) is 11.3. The topological polar surface area (TPSA) is 55.2 Å². The van der Waals surface area contributed by atoms with Crippen LogP contribution in [-0.2, 0) is 4.79 Å². The summed E-state index contributed by atoms with van der Waals surface area (Å²) >= 11 is 0. The highest BCUT2D eigenvalue weighted by molar-refractivity contribution is 5.94. The van der Waals surface area contributed by atoms with E-state index in [-0.39, 0.29) is 11.9 Å². The fraction of sp³-hybridized carbons (Fsp3) is 0.435. The number of carbonyl (C=O) groups is 1. The number of benzene rings is 2. The van der Waals surface area contributed by atoms with Crippen LogP contribution in [0.4, 0.5) is 11.4 Å². The van der Waals surface area contributed by atoms with Gasteiger partial charge >= 0.3 is 0 Å². The summed E-state index contributed by atoms with van der Waals surface area (Å²) in [6, 6.07) is 11.9. The number of piperazine rings is 1. The summed E-state index contributed by atoms with van der Waals surface area (Å²) in [5, 5.41) is 3.04. The van der Waals surface area contributed by atoms with Crippen molar-refractivity contribution in [2.45, 2.75) is 26.8 Å². The second-order valence-electron chi connectivity index (χ2n) is 7.93. The summed E-state index contributed by atoms with van der Waals surface area (Å²) in [4.78, 5) is 16.6. The number of hydrogen-bond donors (Lipinski definition) is 2. The summed E-state index contributed by atoms with van der Waals surface area (Å²) in [5.74, 6) is 1.46. The lowest BCUT2D eigenvalue weighted by Crippen LogP contribution is -3.19. The highest BCUT2D eigenvalue weighted by atomic mass is 16.6. The third kappa shape index (κ3) is 4.17. The van der Waals surface area contributed by atoms with Crippen molar-refractivity contribution in [1.29, 1.82) is 0 Å². The Morgan fingerprint density at radius 3 is 2.55 bits per heavy atom. The number of rotatable bonds is 4. The Kier molecular flexibility index (Phi) is 5.62. The number of hydrogen-bond acceptors (Lipinski definition) is 4. The van der Waals surface area contributed by atoms with Gasteiger partial charge in [-0.1, -0.05) is 12.1 Å². The first-order valence-electron chi connectivity index (χ1n) is 10.4. The van der Waals surface area contributed by atoms with E-state index in [0.717, 1.165) is 37.6 Å². The average molecular weight is 397 g/mol. The molecule has 6 heteroatoms. The Bertz CT molecular complexity index is 891. The van der Waals surface area contributed by atoms with Crippen molar-refractivity contribution < 1.29 is 19.2 Å². The number of nitrogens with one attached hydrogen (secondary N) is 2. The summed E-state index contributed by atoms with van der Waals surface area (Å²) < 4.78 is 11.1. The maximum atomic E-state index is 12.8. The molecule has 29 heavy (non-hydrogen) atoms. The average Bonchev–Trinajstić information content (AvgIpc) is 2.75. The van der Waals surface area contributed by atoms with E-state index >= 15 is 0 Å². The van der Waals surface area contributed by atoms with Crippen LogP contribution < -0.4 is 24.6 Å². The minimum Gasteiger partial charge on any atom is -0.486 e. The van der Waals surface area contributed by atoms with Crippen LogP contribution in [0.5, 0.6) is 11.5 Å². The third-order valence-electron chi connectivity index (χ3n) is 6.14. The Hall–Kier alpha value is -2.73. The Morgan fingerprint density at radius 2 is 1.79 bits per heavy atom. The molecule has 0 aromatic heterocycles. The van der Waals surface area contributed by atoms with E-state index in [1.165, 1.54) is 21.7 Å². The van der Waals surface area contributed by atoms with Crippen molar-refractivity contribution in [1.82, 2.24) is 0 Å². The lowest BCUT2D eigenvalue weighted by molar-refractivity contribution is -0.914. The van der Waals surface area contributed by atoms with Crippen LogP contribution in [0.15, 0.2) is 36.4 Å². The predicted octanol–water partition coefficient (Wildman–Crippen LogP) is 1.81. The highest BCUT2D eigenvalue weighted by Crippen LogP contribution is 2.32. The van der Waals surface area contributed by atoms with Crippen molar-refractivity contribution >= 4 is 17.3 Å². The van der Waals surface area contributed by atoms with Gasteiger partial charge in [0.15, 0.2) is 17.5 Å². The second kappa shape index (κ2) is 8.33. The van der Waals surface area contributed by atoms with E-state index in [9.17, 15) is 4.79 Å². The van der Waals surface area contributed by atoms with E-state index in [4.69, 9.17) is 9.47 Å². The quantitative estimate of drug-likeness (QED) is 0.828. The number of amides is 1. The van der Waals surface area contributed by atoms with Crippen molar-refractivity contribution in [3.05, 3.63) is 47.5 Å². The minimum atomic E-state index is -0.107. The molecule has 0 unspecified atom stereocenters. The molecule has 0 saturated carbocycles. The smallest absolute Gasteiger partial charge is 0.282 e. The normalized spacial score (nSPS) is 17.7. The van der Waals surface area contributed by atoms with E-state index in [1.54, 1.807) is 0 Å². The third-order valence-corrected chi connectivity index (χ3v) is 6.14. The monoisotopic (exact) mass is 396 g/mol. The molecule has 1 saturated heterocycles. The Balaban J connectivity index is 1.35. The molecule has 0 bridgehead atoms. The van der Waals surface area contributed by atoms with Crippen molar-refractivity contribution in [3.63, 3.8) is 0 Å². The summed E-state index contributed by atoms with van der Waals surface area (Å²) in [6.07, 6.45) is 0. The standard InChI is InChI=1S/C23H29N3O3/c1-16-5-4-6-20(17(16)2)26-11-9-25(10-12-26)18(3)23(27)24-19-7-8-21-22(15-19)29-14-13-28-21/h4-8,15,18H,9-14H2,1-3H3,(H,24,27)/p+1/t18-/m0/s1. The van der Waals surface area contributed by atoms with Gasteiger partial charge in [-0.3, -0.25) is 4.79 Å². The van der Waals surface area contributed by atoms with Crippen LogP contribution in [-0.4, -0.2) is 51.3 Å². The van der Waals surface area contributed by atoms with Gasteiger partial charge in [0.2, 0.25) is 0 Å². The molecule has 1 fully saturated rings. The van der Waals surface area contributed by atoms with Gasteiger partial charge in [-0.2, -0.15) is 0 Å². The SMILES string of the molecule is Cc1cccc(N2CC[NH+]([C@@H](C)C(=O)Nc3ccc4c(c3)OCCO4)CC2)c1C. The van der Waals surface area contributed by atoms with E-state index in [0.29, 0.717) is 19.0 Å². The largest absolute Gasteiger partial charge is 0.486 e. The second-order valence-corrected chi connectivity index (χ2v) is 7.93. The predicted molar refractivity (Wildman–Crippen MR) is 114 cm³/mol. The van der Waals surface area contributed by atoms with Crippen LogP contribution in [0.2, 0.25) is 0 Å². The molecule has 1 amide bonds. The molecule has 2 aromatic carbocycles. The fourth-order valence-electron chi connectivity index (χ4n) is 4.10. The molecule has 0 aliphatic carbocycles. The van der Waals surface area contributed by atoms with Crippen molar-refractivity contribution in [2.24, 2.45) is 0 Å². The van der Waals surface area contributed by atoms with Crippen molar-refractivity contribution in [3.8, 4) is 11.5 Å². The van der Waals surface area contributed by atoms with Gasteiger partial charge in [0.25, 0.3) is 5.91 Å². The number of nitrogens with zero attached hydrogens (tertiary/aromatic N) is 1.